The summed E-state index contributed by atoms with van der Waals surface area (Å²) >= 11 is 0. The van der Waals surface area contributed by atoms with Gasteiger partial charge in [0.25, 0.3) is 0 Å². The third-order valence-corrected chi connectivity index (χ3v) is 5.18. The van der Waals surface area contributed by atoms with Crippen molar-refractivity contribution in [3.05, 3.63) is 30.3 Å². The zero-order valence-corrected chi connectivity index (χ0v) is 12.0. The zero-order chi connectivity index (χ0) is 14.6. The van der Waals surface area contributed by atoms with Crippen LogP contribution in [-0.4, -0.2) is 25.5 Å². The van der Waals surface area contributed by atoms with Crippen molar-refractivity contribution in [1.82, 2.24) is 4.72 Å². The van der Waals surface area contributed by atoms with Gasteiger partial charge >= 0.3 is 5.97 Å². The zero-order valence-electron chi connectivity index (χ0n) is 11.2. The number of hydrogen-bond acceptors (Lipinski definition) is 3. The second-order valence-corrected chi connectivity index (χ2v) is 6.86. The molecule has 1 aromatic rings. The summed E-state index contributed by atoms with van der Waals surface area (Å²) in [5, 5.41) is 9.31. The van der Waals surface area contributed by atoms with Gasteiger partial charge in [-0.15, -0.1) is 0 Å². The summed E-state index contributed by atoms with van der Waals surface area (Å²) in [4.78, 5) is 11.5. The molecule has 0 aliphatic heterocycles. The number of rotatable bonds is 5. The highest BCUT2D eigenvalue weighted by molar-refractivity contribution is 7.89. The average molecular weight is 297 g/mol. The van der Waals surface area contributed by atoms with Gasteiger partial charge in [-0.2, -0.15) is 4.72 Å². The Kier molecular flexibility index (Phi) is 4.77. The van der Waals surface area contributed by atoms with Crippen molar-refractivity contribution in [3.8, 4) is 0 Å². The first-order valence-electron chi connectivity index (χ1n) is 6.81. The van der Waals surface area contributed by atoms with E-state index in [9.17, 15) is 18.3 Å². The molecular weight excluding hydrogens is 278 g/mol. The van der Waals surface area contributed by atoms with E-state index in [1.165, 1.54) is 12.1 Å². The van der Waals surface area contributed by atoms with E-state index < -0.39 is 22.0 Å². The molecule has 20 heavy (non-hydrogen) atoms. The molecule has 2 rings (SSSR count). The van der Waals surface area contributed by atoms with E-state index in [0.29, 0.717) is 0 Å². The molecule has 1 aliphatic carbocycles. The van der Waals surface area contributed by atoms with Gasteiger partial charge in [0.15, 0.2) is 0 Å². The summed E-state index contributed by atoms with van der Waals surface area (Å²) in [5.41, 5.74) is 0. The fraction of sp³-hybridized carbons (Fsp3) is 0.500. The van der Waals surface area contributed by atoms with E-state index in [1.54, 1.807) is 18.2 Å². The van der Waals surface area contributed by atoms with Crippen LogP contribution in [0.25, 0.3) is 0 Å². The molecule has 1 saturated carbocycles. The van der Waals surface area contributed by atoms with Crippen molar-refractivity contribution in [1.29, 1.82) is 0 Å². The number of aliphatic carboxylic acids is 1. The largest absolute Gasteiger partial charge is 0.480 e. The molecule has 1 unspecified atom stereocenters. The molecule has 110 valence electrons. The van der Waals surface area contributed by atoms with Crippen LogP contribution in [0.1, 0.15) is 32.1 Å². The second-order valence-electron chi connectivity index (χ2n) is 5.15. The molecule has 0 amide bonds. The van der Waals surface area contributed by atoms with E-state index in [1.807, 2.05) is 0 Å². The van der Waals surface area contributed by atoms with Crippen molar-refractivity contribution in [2.75, 3.05) is 0 Å². The standard InChI is InChI=1S/C14H19NO4S/c16-14(17)13(11-7-3-1-4-8-11)15-20(18,19)12-9-5-2-6-10-12/h2,5-6,9-11,13,15H,1,3-4,7-8H2,(H,16,17). The first-order valence-corrected chi connectivity index (χ1v) is 8.29. The Morgan fingerprint density at radius 3 is 2.30 bits per heavy atom. The van der Waals surface area contributed by atoms with Crippen molar-refractivity contribution in [2.24, 2.45) is 5.92 Å². The van der Waals surface area contributed by atoms with Gasteiger partial charge in [-0.25, -0.2) is 8.42 Å². The molecule has 0 radical (unpaired) electrons. The number of carbonyl (C=O) groups is 1. The second kappa shape index (κ2) is 6.37. The van der Waals surface area contributed by atoms with Gasteiger partial charge < -0.3 is 5.11 Å². The van der Waals surface area contributed by atoms with Gasteiger partial charge in [0.05, 0.1) is 4.90 Å². The molecule has 6 heteroatoms. The Labute approximate surface area is 119 Å². The van der Waals surface area contributed by atoms with E-state index >= 15 is 0 Å². The molecule has 0 saturated heterocycles. The summed E-state index contributed by atoms with van der Waals surface area (Å²) in [7, 11) is -3.78. The minimum atomic E-state index is -3.78. The lowest BCUT2D eigenvalue weighted by Crippen LogP contribution is -2.46. The van der Waals surface area contributed by atoms with Gasteiger partial charge in [-0.05, 0) is 30.9 Å². The van der Waals surface area contributed by atoms with E-state index in [2.05, 4.69) is 4.72 Å². The molecule has 0 bridgehead atoms. The Balaban J connectivity index is 2.17. The lowest BCUT2D eigenvalue weighted by atomic mass is 9.84. The minimum absolute atomic E-state index is 0.0991. The van der Waals surface area contributed by atoms with Crippen LogP contribution in [0.15, 0.2) is 35.2 Å². The minimum Gasteiger partial charge on any atom is -0.480 e. The fourth-order valence-corrected chi connectivity index (χ4v) is 3.93. The maximum Gasteiger partial charge on any atom is 0.322 e. The highest BCUT2D eigenvalue weighted by Gasteiger charge is 2.33. The molecule has 1 atom stereocenters. The summed E-state index contributed by atoms with van der Waals surface area (Å²) in [6, 6.07) is 6.83. The van der Waals surface area contributed by atoms with Crippen LogP contribution < -0.4 is 4.72 Å². The normalized spacial score (nSPS) is 18.6. The third kappa shape index (κ3) is 3.58. The Morgan fingerprint density at radius 1 is 1.15 bits per heavy atom. The Hall–Kier alpha value is -1.40. The predicted molar refractivity (Wildman–Crippen MR) is 74.8 cm³/mol. The number of carboxylic acid groups (broad SMARTS) is 1. The van der Waals surface area contributed by atoms with Gasteiger partial charge in [0.1, 0.15) is 6.04 Å². The topological polar surface area (TPSA) is 83.5 Å². The summed E-state index contributed by atoms with van der Waals surface area (Å²) in [6.45, 7) is 0. The number of sulfonamides is 1. The van der Waals surface area contributed by atoms with Crippen LogP contribution >= 0.6 is 0 Å². The van der Waals surface area contributed by atoms with Crippen molar-refractivity contribution in [2.45, 2.75) is 43.0 Å². The van der Waals surface area contributed by atoms with Gasteiger partial charge in [0.2, 0.25) is 10.0 Å². The predicted octanol–water partition coefficient (Wildman–Crippen LogP) is 2.00. The third-order valence-electron chi connectivity index (χ3n) is 3.72. The van der Waals surface area contributed by atoms with E-state index in [-0.39, 0.29) is 10.8 Å². The monoisotopic (exact) mass is 297 g/mol. The quantitative estimate of drug-likeness (QED) is 0.870. The molecule has 1 aromatic carbocycles. The number of carboxylic acids is 1. The van der Waals surface area contributed by atoms with E-state index in [0.717, 1.165) is 32.1 Å². The van der Waals surface area contributed by atoms with E-state index in [4.69, 9.17) is 0 Å². The Bertz CT molecular complexity index is 550. The molecule has 0 spiro atoms. The molecular formula is C14H19NO4S. The van der Waals surface area contributed by atoms with Gasteiger partial charge in [-0.1, -0.05) is 37.5 Å². The van der Waals surface area contributed by atoms with Crippen molar-refractivity contribution in [3.63, 3.8) is 0 Å². The van der Waals surface area contributed by atoms with Crippen molar-refractivity contribution < 1.29 is 18.3 Å². The van der Waals surface area contributed by atoms with Crippen LogP contribution in [0.2, 0.25) is 0 Å². The lowest BCUT2D eigenvalue weighted by Gasteiger charge is -2.27. The number of hydrogen-bond donors (Lipinski definition) is 2. The SMILES string of the molecule is O=C(O)C(NS(=O)(=O)c1ccccc1)C1CCCCC1. The molecule has 0 aromatic heterocycles. The van der Waals surface area contributed by atoms with Crippen LogP contribution in [0.5, 0.6) is 0 Å². The van der Waals surface area contributed by atoms with Gasteiger partial charge in [0, 0.05) is 0 Å². The van der Waals surface area contributed by atoms with Crippen LogP contribution in [0, 0.1) is 5.92 Å². The average Bonchev–Trinajstić information content (AvgIpc) is 2.46. The van der Waals surface area contributed by atoms with Crippen LogP contribution in [-0.2, 0) is 14.8 Å². The lowest BCUT2D eigenvalue weighted by molar-refractivity contribution is -0.140. The number of benzene rings is 1. The smallest absolute Gasteiger partial charge is 0.322 e. The fourth-order valence-electron chi connectivity index (χ4n) is 2.65. The summed E-state index contributed by atoms with van der Waals surface area (Å²) < 4.78 is 26.8. The number of nitrogens with one attached hydrogen (secondary N) is 1. The highest BCUT2D eigenvalue weighted by Crippen LogP contribution is 2.27. The maximum absolute atomic E-state index is 12.2. The van der Waals surface area contributed by atoms with Crippen LogP contribution in [0.4, 0.5) is 0 Å². The van der Waals surface area contributed by atoms with Gasteiger partial charge in [-0.3, -0.25) is 4.79 Å². The summed E-state index contributed by atoms with van der Waals surface area (Å²) in [5.74, 6) is -1.23. The first kappa shape index (κ1) is 15.0. The maximum atomic E-state index is 12.2. The first-order chi connectivity index (χ1) is 9.50. The molecule has 2 N–H and O–H groups in total. The molecule has 1 fully saturated rings. The summed E-state index contributed by atoms with van der Waals surface area (Å²) in [6.07, 6.45) is 4.53. The molecule has 0 heterocycles. The van der Waals surface area contributed by atoms with Crippen LogP contribution in [0.3, 0.4) is 0 Å². The van der Waals surface area contributed by atoms with Crippen molar-refractivity contribution >= 4 is 16.0 Å². The molecule has 5 nitrogen and oxygen atoms in total. The molecule has 1 aliphatic rings. The Morgan fingerprint density at radius 2 is 1.75 bits per heavy atom. The highest BCUT2D eigenvalue weighted by atomic mass is 32.2.